The van der Waals surface area contributed by atoms with Crippen LogP contribution in [-0.2, 0) is 4.79 Å². The van der Waals surface area contributed by atoms with Gasteiger partial charge in [-0.05, 0) is 37.5 Å². The molecule has 1 amide bonds. The summed E-state index contributed by atoms with van der Waals surface area (Å²) in [6.45, 7) is 3.56. The molecule has 0 saturated carbocycles. The number of rotatable bonds is 7. The molecule has 0 spiro atoms. The van der Waals surface area contributed by atoms with Crippen molar-refractivity contribution in [3.05, 3.63) is 51.7 Å². The van der Waals surface area contributed by atoms with Gasteiger partial charge >= 0.3 is 0 Å². The SMILES string of the molecule is O=C(CN1CCC(Oc2cccnc2N2CCCC2)C1)Nc1ccc([N+](=O)[O-])cc1Cl. The first-order valence-electron chi connectivity index (χ1n) is 10.3. The van der Waals surface area contributed by atoms with E-state index in [1.54, 1.807) is 6.20 Å². The number of aromatic nitrogens is 1. The Bertz CT molecular complexity index is 967. The van der Waals surface area contributed by atoms with Gasteiger partial charge in [0, 0.05) is 44.5 Å². The minimum absolute atomic E-state index is 0.0127. The first-order valence-corrected chi connectivity index (χ1v) is 10.7. The molecule has 1 aromatic heterocycles. The monoisotopic (exact) mass is 445 g/mol. The van der Waals surface area contributed by atoms with E-state index in [9.17, 15) is 14.9 Å². The second kappa shape index (κ2) is 9.49. The van der Waals surface area contributed by atoms with Gasteiger partial charge in [-0.15, -0.1) is 0 Å². The topological polar surface area (TPSA) is 101 Å². The van der Waals surface area contributed by atoms with E-state index in [-0.39, 0.29) is 29.3 Å². The van der Waals surface area contributed by atoms with E-state index in [1.807, 2.05) is 17.0 Å². The summed E-state index contributed by atoms with van der Waals surface area (Å²) in [5.41, 5.74) is 0.237. The lowest BCUT2D eigenvalue weighted by Gasteiger charge is -2.22. The zero-order chi connectivity index (χ0) is 21.8. The smallest absolute Gasteiger partial charge is 0.271 e. The number of ether oxygens (including phenoxy) is 1. The number of pyridine rings is 1. The fourth-order valence-electron chi connectivity index (χ4n) is 3.97. The van der Waals surface area contributed by atoms with Crippen LogP contribution in [0.15, 0.2) is 36.5 Å². The molecular formula is C21H24ClN5O4. The van der Waals surface area contributed by atoms with Crippen molar-refractivity contribution >= 4 is 34.7 Å². The predicted molar refractivity (Wildman–Crippen MR) is 118 cm³/mol. The second-order valence-electron chi connectivity index (χ2n) is 7.75. The highest BCUT2D eigenvalue weighted by Gasteiger charge is 2.27. The molecule has 2 aliphatic heterocycles. The summed E-state index contributed by atoms with van der Waals surface area (Å²) in [4.78, 5) is 31.5. The Kier molecular flexibility index (Phi) is 6.53. The maximum absolute atomic E-state index is 12.4. The van der Waals surface area contributed by atoms with Crippen molar-refractivity contribution in [1.29, 1.82) is 0 Å². The Morgan fingerprint density at radius 2 is 2.10 bits per heavy atom. The molecule has 0 aliphatic carbocycles. The molecule has 0 bridgehead atoms. The molecule has 31 heavy (non-hydrogen) atoms. The maximum atomic E-state index is 12.4. The number of nitro groups is 1. The minimum atomic E-state index is -0.529. The lowest BCUT2D eigenvalue weighted by atomic mass is 10.3. The average molecular weight is 446 g/mol. The van der Waals surface area contributed by atoms with Gasteiger partial charge in [-0.3, -0.25) is 19.8 Å². The summed E-state index contributed by atoms with van der Waals surface area (Å²) >= 11 is 6.05. The van der Waals surface area contributed by atoms with Crippen LogP contribution in [0.1, 0.15) is 19.3 Å². The predicted octanol–water partition coefficient (Wildman–Crippen LogP) is 3.34. The van der Waals surface area contributed by atoms with E-state index in [1.165, 1.54) is 31.0 Å². The molecule has 0 radical (unpaired) electrons. The molecule has 1 unspecified atom stereocenters. The third-order valence-corrected chi connectivity index (χ3v) is 5.80. The summed E-state index contributed by atoms with van der Waals surface area (Å²) in [7, 11) is 0. The van der Waals surface area contributed by atoms with E-state index < -0.39 is 4.92 Å². The lowest BCUT2D eigenvalue weighted by molar-refractivity contribution is -0.384. The fourth-order valence-corrected chi connectivity index (χ4v) is 4.19. The number of nitrogens with one attached hydrogen (secondary N) is 1. The number of likely N-dealkylation sites (tertiary alicyclic amines) is 1. The second-order valence-corrected chi connectivity index (χ2v) is 8.16. The summed E-state index contributed by atoms with van der Waals surface area (Å²) in [6.07, 6.45) is 4.93. The third kappa shape index (κ3) is 5.23. The number of halogens is 1. The normalized spacial score (nSPS) is 18.9. The van der Waals surface area contributed by atoms with Crippen LogP contribution < -0.4 is 15.0 Å². The standard InChI is InChI=1S/C21H24ClN5O4/c22-17-12-15(27(29)30)5-6-18(17)24-20(28)14-25-11-7-16(13-25)31-19-4-3-8-23-21(19)26-9-1-2-10-26/h3-6,8,12,16H,1-2,7,9-11,13-14H2,(H,24,28). The molecule has 1 N–H and O–H groups in total. The van der Waals surface area contributed by atoms with E-state index in [0.29, 0.717) is 12.2 Å². The van der Waals surface area contributed by atoms with Gasteiger partial charge in [0.1, 0.15) is 6.10 Å². The van der Waals surface area contributed by atoms with Crippen molar-refractivity contribution in [2.75, 3.05) is 42.9 Å². The number of hydrogen-bond acceptors (Lipinski definition) is 7. The van der Waals surface area contributed by atoms with Crippen LogP contribution >= 0.6 is 11.6 Å². The molecule has 2 aliphatic rings. The summed E-state index contributed by atoms with van der Waals surface area (Å²) < 4.78 is 6.24. The maximum Gasteiger partial charge on any atom is 0.271 e. The van der Waals surface area contributed by atoms with Gasteiger partial charge in [-0.2, -0.15) is 0 Å². The quantitative estimate of drug-likeness (QED) is 0.515. The Morgan fingerprint density at radius 1 is 1.29 bits per heavy atom. The van der Waals surface area contributed by atoms with Crippen molar-refractivity contribution in [3.8, 4) is 5.75 Å². The highest BCUT2D eigenvalue weighted by Crippen LogP contribution is 2.30. The molecule has 1 atom stereocenters. The van der Waals surface area contributed by atoms with E-state index in [4.69, 9.17) is 16.3 Å². The molecule has 3 heterocycles. The molecule has 2 aromatic rings. The molecular weight excluding hydrogens is 422 g/mol. The van der Waals surface area contributed by atoms with Crippen molar-refractivity contribution in [2.45, 2.75) is 25.4 Å². The van der Waals surface area contributed by atoms with Crippen LogP contribution in [0.5, 0.6) is 5.75 Å². The summed E-state index contributed by atoms with van der Waals surface area (Å²) in [5.74, 6) is 1.46. The van der Waals surface area contributed by atoms with Crippen molar-refractivity contribution in [1.82, 2.24) is 9.88 Å². The molecule has 10 heteroatoms. The fraction of sp³-hybridized carbons (Fsp3) is 0.429. The van der Waals surface area contributed by atoms with Crippen molar-refractivity contribution in [3.63, 3.8) is 0 Å². The first-order chi connectivity index (χ1) is 15.0. The molecule has 9 nitrogen and oxygen atoms in total. The molecule has 1 aromatic carbocycles. The zero-order valence-corrected chi connectivity index (χ0v) is 17.8. The van der Waals surface area contributed by atoms with E-state index >= 15 is 0 Å². The van der Waals surface area contributed by atoms with E-state index in [0.717, 1.165) is 37.6 Å². The largest absolute Gasteiger partial charge is 0.485 e. The molecule has 2 saturated heterocycles. The number of amides is 1. The van der Waals surface area contributed by atoms with E-state index in [2.05, 4.69) is 15.2 Å². The molecule has 2 fully saturated rings. The van der Waals surface area contributed by atoms with Gasteiger partial charge in [0.2, 0.25) is 5.91 Å². The van der Waals surface area contributed by atoms with Gasteiger partial charge < -0.3 is 15.0 Å². The number of hydrogen-bond donors (Lipinski definition) is 1. The third-order valence-electron chi connectivity index (χ3n) is 5.48. The Morgan fingerprint density at radius 3 is 2.84 bits per heavy atom. The van der Waals surface area contributed by atoms with Crippen LogP contribution in [0.2, 0.25) is 5.02 Å². The number of nitrogens with zero attached hydrogens (tertiary/aromatic N) is 4. The highest BCUT2D eigenvalue weighted by atomic mass is 35.5. The number of benzene rings is 1. The van der Waals surface area contributed by atoms with Crippen LogP contribution in [0.3, 0.4) is 0 Å². The average Bonchev–Trinajstić information content (AvgIpc) is 3.42. The number of anilines is 2. The van der Waals surface area contributed by atoms with Gasteiger partial charge in [-0.25, -0.2) is 4.98 Å². The van der Waals surface area contributed by atoms with Gasteiger partial charge in [0.15, 0.2) is 11.6 Å². The molecule has 4 rings (SSSR count). The van der Waals surface area contributed by atoms with Crippen molar-refractivity contribution < 1.29 is 14.5 Å². The van der Waals surface area contributed by atoms with Crippen LogP contribution in [-0.4, -0.2) is 59.5 Å². The lowest BCUT2D eigenvalue weighted by Crippen LogP contribution is -2.33. The highest BCUT2D eigenvalue weighted by molar-refractivity contribution is 6.34. The van der Waals surface area contributed by atoms with Crippen LogP contribution in [0, 0.1) is 10.1 Å². The van der Waals surface area contributed by atoms with Gasteiger partial charge in [-0.1, -0.05) is 11.6 Å². The Labute approximate surface area is 185 Å². The number of non-ortho nitro benzene ring substituents is 1. The first kappa shape index (κ1) is 21.3. The molecule has 164 valence electrons. The Hall–Kier alpha value is -2.91. The zero-order valence-electron chi connectivity index (χ0n) is 17.0. The number of carbonyl (C=O) groups excluding carboxylic acids is 1. The summed E-state index contributed by atoms with van der Waals surface area (Å²) in [5, 5.41) is 13.7. The minimum Gasteiger partial charge on any atom is -0.485 e. The van der Waals surface area contributed by atoms with Crippen molar-refractivity contribution in [2.24, 2.45) is 0 Å². The van der Waals surface area contributed by atoms with Gasteiger partial charge in [0.25, 0.3) is 5.69 Å². The van der Waals surface area contributed by atoms with Gasteiger partial charge in [0.05, 0.1) is 22.2 Å². The van der Waals surface area contributed by atoms with Crippen LogP contribution in [0.4, 0.5) is 17.2 Å². The number of carbonyl (C=O) groups is 1. The van der Waals surface area contributed by atoms with Crippen LogP contribution in [0.25, 0.3) is 0 Å². The number of nitro benzene ring substituents is 1. The summed E-state index contributed by atoms with van der Waals surface area (Å²) in [6, 6.07) is 7.81. The Balaban J connectivity index is 1.31.